The molecule has 3 aromatic heterocycles. The summed E-state index contributed by atoms with van der Waals surface area (Å²) in [5, 5.41) is 2.91. The van der Waals surface area contributed by atoms with E-state index in [9.17, 15) is 22.8 Å². The second-order valence-corrected chi connectivity index (χ2v) is 7.99. The van der Waals surface area contributed by atoms with Crippen molar-refractivity contribution < 1.29 is 18.0 Å². The second-order valence-electron chi connectivity index (χ2n) is 6.47. The van der Waals surface area contributed by atoms with E-state index in [0.717, 1.165) is 23.5 Å². The Balaban J connectivity index is 1.53. The first-order valence-electron chi connectivity index (χ1n) is 8.80. The van der Waals surface area contributed by atoms with E-state index in [1.807, 2.05) is 0 Å². The number of aromatic nitrogens is 3. The Morgan fingerprint density at radius 1 is 1.16 bits per heavy atom. The standard InChI is InChI=1S/C20H12ClF3N4O2S/c21-15-5-4-12(20(22,23)24)7-11(15)8-13-9-26-19(31-13)27-17(29)14-10-25-16-3-1-2-6-28(16)18(14)30/h1-7,9-10H,8H2,(H,26,27,29). The maximum Gasteiger partial charge on any atom is 0.416 e. The summed E-state index contributed by atoms with van der Waals surface area (Å²) in [6, 6.07) is 8.10. The van der Waals surface area contributed by atoms with Crippen LogP contribution in [0.1, 0.15) is 26.4 Å². The molecule has 4 aromatic rings. The maximum absolute atomic E-state index is 12.9. The molecule has 0 aliphatic carbocycles. The van der Waals surface area contributed by atoms with Gasteiger partial charge >= 0.3 is 6.18 Å². The lowest BCUT2D eigenvalue weighted by molar-refractivity contribution is -0.137. The fourth-order valence-electron chi connectivity index (χ4n) is 2.87. The molecule has 1 N–H and O–H groups in total. The van der Waals surface area contributed by atoms with Crippen LogP contribution in [0.15, 0.2) is 59.8 Å². The van der Waals surface area contributed by atoms with Gasteiger partial charge < -0.3 is 0 Å². The van der Waals surface area contributed by atoms with Crippen molar-refractivity contribution in [3.05, 3.63) is 91.9 Å². The van der Waals surface area contributed by atoms with Crippen LogP contribution in [-0.2, 0) is 12.6 Å². The molecule has 0 saturated carbocycles. The molecular formula is C20H12ClF3N4O2S. The fourth-order valence-corrected chi connectivity index (χ4v) is 3.88. The van der Waals surface area contributed by atoms with E-state index in [0.29, 0.717) is 10.5 Å². The van der Waals surface area contributed by atoms with Gasteiger partial charge in [0.1, 0.15) is 11.2 Å². The van der Waals surface area contributed by atoms with Gasteiger partial charge in [-0.3, -0.25) is 19.3 Å². The molecule has 3 heterocycles. The molecule has 6 nitrogen and oxygen atoms in total. The second kappa shape index (κ2) is 8.12. The number of amides is 1. The maximum atomic E-state index is 12.9. The zero-order valence-electron chi connectivity index (χ0n) is 15.5. The predicted octanol–water partition coefficient (Wildman–Crippen LogP) is 4.67. The fraction of sp³-hybridized carbons (Fsp3) is 0.100. The minimum absolute atomic E-state index is 0.108. The third-order valence-electron chi connectivity index (χ3n) is 4.37. The minimum Gasteiger partial charge on any atom is -0.298 e. The Labute approximate surface area is 182 Å². The number of hydrogen-bond acceptors (Lipinski definition) is 5. The van der Waals surface area contributed by atoms with Gasteiger partial charge in [-0.1, -0.05) is 17.7 Å². The summed E-state index contributed by atoms with van der Waals surface area (Å²) in [5.41, 5.74) is -0.806. The number of thiazole rings is 1. The zero-order valence-corrected chi connectivity index (χ0v) is 17.1. The summed E-state index contributed by atoms with van der Waals surface area (Å²) in [5.74, 6) is -0.686. The van der Waals surface area contributed by atoms with Crippen molar-refractivity contribution in [3.63, 3.8) is 0 Å². The van der Waals surface area contributed by atoms with E-state index in [4.69, 9.17) is 11.6 Å². The molecule has 0 spiro atoms. The van der Waals surface area contributed by atoms with Crippen LogP contribution in [0.2, 0.25) is 5.02 Å². The monoisotopic (exact) mass is 464 g/mol. The number of benzene rings is 1. The Morgan fingerprint density at radius 3 is 2.74 bits per heavy atom. The van der Waals surface area contributed by atoms with Crippen molar-refractivity contribution >= 4 is 39.6 Å². The van der Waals surface area contributed by atoms with Gasteiger partial charge in [-0.2, -0.15) is 13.2 Å². The van der Waals surface area contributed by atoms with Crippen molar-refractivity contribution in [2.75, 3.05) is 5.32 Å². The van der Waals surface area contributed by atoms with E-state index < -0.39 is 23.2 Å². The quantitative estimate of drug-likeness (QED) is 0.476. The van der Waals surface area contributed by atoms with E-state index in [1.54, 1.807) is 18.2 Å². The van der Waals surface area contributed by atoms with Gasteiger partial charge in [0.05, 0.1) is 5.56 Å². The molecule has 1 amide bonds. The van der Waals surface area contributed by atoms with E-state index in [1.165, 1.54) is 29.1 Å². The summed E-state index contributed by atoms with van der Waals surface area (Å²) in [7, 11) is 0. The Morgan fingerprint density at radius 2 is 1.97 bits per heavy atom. The highest BCUT2D eigenvalue weighted by molar-refractivity contribution is 7.15. The number of alkyl halides is 3. The molecule has 0 aliphatic heterocycles. The van der Waals surface area contributed by atoms with E-state index in [2.05, 4.69) is 15.3 Å². The first kappa shape index (κ1) is 21.0. The Kier molecular flexibility index (Phi) is 5.50. The van der Waals surface area contributed by atoms with Crippen LogP contribution in [0.4, 0.5) is 18.3 Å². The number of nitrogens with zero attached hydrogens (tertiary/aromatic N) is 3. The average Bonchev–Trinajstić information content (AvgIpc) is 3.16. The highest BCUT2D eigenvalue weighted by Crippen LogP contribution is 2.33. The van der Waals surface area contributed by atoms with Crippen LogP contribution in [0.5, 0.6) is 0 Å². The van der Waals surface area contributed by atoms with Crippen LogP contribution in [0, 0.1) is 0 Å². The van der Waals surface area contributed by atoms with Gasteiger partial charge in [-0.25, -0.2) is 9.97 Å². The van der Waals surface area contributed by atoms with Gasteiger partial charge in [0.15, 0.2) is 5.13 Å². The van der Waals surface area contributed by atoms with Crippen LogP contribution < -0.4 is 10.9 Å². The molecule has 11 heteroatoms. The van der Waals surface area contributed by atoms with Crippen molar-refractivity contribution in [2.24, 2.45) is 0 Å². The number of anilines is 1. The number of carbonyl (C=O) groups is 1. The molecule has 1 aromatic carbocycles. The molecule has 0 saturated heterocycles. The number of carbonyl (C=O) groups excluding carboxylic acids is 1. The molecule has 0 atom stereocenters. The van der Waals surface area contributed by atoms with E-state index >= 15 is 0 Å². The van der Waals surface area contributed by atoms with Gasteiger partial charge in [0.2, 0.25) is 0 Å². The lowest BCUT2D eigenvalue weighted by atomic mass is 10.1. The molecular weight excluding hydrogens is 453 g/mol. The molecule has 0 fully saturated rings. The van der Waals surface area contributed by atoms with Crippen molar-refractivity contribution in [1.29, 1.82) is 0 Å². The van der Waals surface area contributed by atoms with Crippen LogP contribution in [0.3, 0.4) is 0 Å². The number of pyridine rings is 1. The van der Waals surface area contributed by atoms with Crippen molar-refractivity contribution in [1.82, 2.24) is 14.4 Å². The number of hydrogen-bond donors (Lipinski definition) is 1. The molecule has 158 valence electrons. The lowest BCUT2D eigenvalue weighted by Gasteiger charge is -2.09. The Hall–Kier alpha value is -3.24. The zero-order chi connectivity index (χ0) is 22.2. The molecule has 0 aliphatic rings. The van der Waals surface area contributed by atoms with Gasteiger partial charge in [0.25, 0.3) is 11.5 Å². The highest BCUT2D eigenvalue weighted by Gasteiger charge is 2.31. The highest BCUT2D eigenvalue weighted by atomic mass is 35.5. The summed E-state index contributed by atoms with van der Waals surface area (Å²) in [4.78, 5) is 33.7. The van der Waals surface area contributed by atoms with Crippen LogP contribution in [-0.4, -0.2) is 20.3 Å². The number of fused-ring (bicyclic) bond motifs is 1. The Bertz CT molecular complexity index is 1350. The van der Waals surface area contributed by atoms with Gasteiger partial charge in [-0.05, 0) is 35.9 Å². The first-order chi connectivity index (χ1) is 14.7. The molecule has 4 rings (SSSR count). The summed E-state index contributed by atoms with van der Waals surface area (Å²) in [6.45, 7) is 0. The number of rotatable bonds is 4. The smallest absolute Gasteiger partial charge is 0.298 e. The normalized spacial score (nSPS) is 11.6. The van der Waals surface area contributed by atoms with Gasteiger partial charge in [-0.15, -0.1) is 11.3 Å². The first-order valence-corrected chi connectivity index (χ1v) is 10.00. The number of nitrogens with one attached hydrogen (secondary N) is 1. The summed E-state index contributed by atoms with van der Waals surface area (Å²) < 4.78 is 40.1. The number of halogens is 4. The third kappa shape index (κ3) is 4.44. The van der Waals surface area contributed by atoms with Crippen LogP contribution in [0.25, 0.3) is 5.65 Å². The van der Waals surface area contributed by atoms with Crippen molar-refractivity contribution in [3.8, 4) is 0 Å². The molecule has 0 bridgehead atoms. The predicted molar refractivity (Wildman–Crippen MR) is 111 cm³/mol. The summed E-state index contributed by atoms with van der Waals surface area (Å²) >= 11 is 7.11. The topological polar surface area (TPSA) is 76.4 Å². The summed E-state index contributed by atoms with van der Waals surface area (Å²) in [6.07, 6.45) is -0.251. The average molecular weight is 465 g/mol. The molecule has 0 radical (unpaired) electrons. The van der Waals surface area contributed by atoms with E-state index in [-0.39, 0.29) is 27.7 Å². The van der Waals surface area contributed by atoms with Crippen LogP contribution >= 0.6 is 22.9 Å². The van der Waals surface area contributed by atoms with Gasteiger partial charge in [0, 0.05) is 34.9 Å². The molecule has 31 heavy (non-hydrogen) atoms. The largest absolute Gasteiger partial charge is 0.416 e. The third-order valence-corrected chi connectivity index (χ3v) is 5.65. The lowest BCUT2D eigenvalue weighted by Crippen LogP contribution is -2.26. The minimum atomic E-state index is -4.48. The van der Waals surface area contributed by atoms with Crippen molar-refractivity contribution in [2.45, 2.75) is 12.6 Å². The SMILES string of the molecule is O=C(Nc1ncc(Cc2cc(C(F)(F)F)ccc2Cl)s1)c1cnc2ccccn2c1=O. The molecule has 0 unspecified atom stereocenters.